The maximum absolute atomic E-state index is 12.0. The number of methoxy groups -OCH3 is 1. The van der Waals surface area contributed by atoms with Gasteiger partial charge in [-0.2, -0.15) is 0 Å². The Morgan fingerprint density at radius 1 is 0.925 bits per heavy atom. The molecule has 1 aromatic heterocycles. The van der Waals surface area contributed by atoms with Crippen LogP contribution in [0, 0.1) is 11.8 Å². The Kier molecular flexibility index (Phi) is 11.2. The summed E-state index contributed by atoms with van der Waals surface area (Å²) in [5, 5.41) is 0. The molecular weight excluding hydrogens is 496 g/mol. The molecule has 0 unspecified atom stereocenters. The molecule has 0 atom stereocenters. The lowest BCUT2D eigenvalue weighted by Crippen LogP contribution is -2.31. The summed E-state index contributed by atoms with van der Waals surface area (Å²) in [6.07, 6.45) is 7.54. The molecule has 0 aliphatic carbocycles. The van der Waals surface area contributed by atoms with E-state index in [0.29, 0.717) is 17.4 Å². The average molecular weight is 547 g/mol. The number of benzene rings is 2. The largest absolute Gasteiger partial charge is 0.465 e. The van der Waals surface area contributed by atoms with Crippen molar-refractivity contribution in [3.63, 3.8) is 0 Å². The van der Waals surface area contributed by atoms with E-state index >= 15 is 0 Å². The third-order valence-electron chi connectivity index (χ3n) is 8.13. The van der Waals surface area contributed by atoms with Crippen molar-refractivity contribution in [1.82, 2.24) is 19.4 Å². The first-order chi connectivity index (χ1) is 19.3. The molecule has 0 radical (unpaired) electrons. The summed E-state index contributed by atoms with van der Waals surface area (Å²) in [6, 6.07) is 14.5. The van der Waals surface area contributed by atoms with E-state index in [1.165, 1.54) is 63.4 Å². The molecule has 4 rings (SSSR count). The zero-order chi connectivity index (χ0) is 28.5. The van der Waals surface area contributed by atoms with Crippen LogP contribution in [0.1, 0.15) is 82.1 Å². The second kappa shape index (κ2) is 14.8. The predicted molar refractivity (Wildman–Crippen MR) is 166 cm³/mol. The number of aryl methyl sites for hydroxylation is 1. The number of ether oxygens (including phenoxy) is 1. The van der Waals surface area contributed by atoms with Gasteiger partial charge in [-0.25, -0.2) is 9.78 Å². The number of esters is 1. The fourth-order valence-corrected chi connectivity index (χ4v) is 5.63. The van der Waals surface area contributed by atoms with E-state index in [1.54, 1.807) is 0 Å². The SMILES string of the molecule is COC(=O)c1ccc(-c2nc3ccc(CN(CCC(C)C)CCC(C)C)cc3n2CCCN2CCCCC2)cc1. The van der Waals surface area contributed by atoms with Crippen LogP contribution in [0.25, 0.3) is 22.4 Å². The van der Waals surface area contributed by atoms with E-state index in [0.717, 1.165) is 56.0 Å². The Balaban J connectivity index is 1.61. The maximum Gasteiger partial charge on any atom is 0.337 e. The number of hydrogen-bond acceptors (Lipinski definition) is 5. The van der Waals surface area contributed by atoms with Crippen LogP contribution in [0.15, 0.2) is 42.5 Å². The molecule has 0 N–H and O–H groups in total. The van der Waals surface area contributed by atoms with Crippen molar-refractivity contribution >= 4 is 17.0 Å². The highest BCUT2D eigenvalue weighted by molar-refractivity contribution is 5.90. The van der Waals surface area contributed by atoms with Crippen LogP contribution in [0.2, 0.25) is 0 Å². The topological polar surface area (TPSA) is 50.6 Å². The van der Waals surface area contributed by atoms with Crippen molar-refractivity contribution in [2.24, 2.45) is 11.8 Å². The Labute approximate surface area is 241 Å². The van der Waals surface area contributed by atoms with Crippen LogP contribution in [0.5, 0.6) is 0 Å². The molecule has 1 aliphatic rings. The fraction of sp³-hybridized carbons (Fsp3) is 0.588. The van der Waals surface area contributed by atoms with Crippen molar-refractivity contribution in [3.8, 4) is 11.4 Å². The van der Waals surface area contributed by atoms with Gasteiger partial charge in [-0.1, -0.05) is 52.3 Å². The van der Waals surface area contributed by atoms with Crippen LogP contribution in [0.3, 0.4) is 0 Å². The van der Waals surface area contributed by atoms with Gasteiger partial charge >= 0.3 is 5.97 Å². The second-order valence-electron chi connectivity index (χ2n) is 12.4. The summed E-state index contributed by atoms with van der Waals surface area (Å²) in [4.78, 5) is 22.3. The average Bonchev–Trinajstić information content (AvgIpc) is 3.32. The first-order valence-electron chi connectivity index (χ1n) is 15.5. The first-order valence-corrected chi connectivity index (χ1v) is 15.5. The highest BCUT2D eigenvalue weighted by atomic mass is 16.5. The normalized spacial score (nSPS) is 14.6. The minimum atomic E-state index is -0.314. The molecule has 0 saturated carbocycles. The molecule has 0 bridgehead atoms. The molecule has 6 heteroatoms. The van der Waals surface area contributed by atoms with Crippen molar-refractivity contribution in [1.29, 1.82) is 0 Å². The lowest BCUT2D eigenvalue weighted by molar-refractivity contribution is 0.0600. The minimum absolute atomic E-state index is 0.314. The van der Waals surface area contributed by atoms with Gasteiger partial charge < -0.3 is 14.2 Å². The summed E-state index contributed by atoms with van der Waals surface area (Å²) in [7, 11) is 1.42. The van der Waals surface area contributed by atoms with Crippen LogP contribution < -0.4 is 0 Å². The number of carbonyl (C=O) groups excluding carboxylic acids is 1. The van der Waals surface area contributed by atoms with Gasteiger partial charge in [0.2, 0.25) is 0 Å². The van der Waals surface area contributed by atoms with Crippen molar-refractivity contribution in [2.75, 3.05) is 39.8 Å². The Hall–Kier alpha value is -2.70. The van der Waals surface area contributed by atoms with E-state index in [1.807, 2.05) is 24.3 Å². The minimum Gasteiger partial charge on any atom is -0.465 e. The Bertz CT molecular complexity index is 1200. The van der Waals surface area contributed by atoms with Crippen LogP contribution in [-0.4, -0.2) is 65.2 Å². The number of piperidine rings is 1. The lowest BCUT2D eigenvalue weighted by atomic mass is 10.1. The van der Waals surface area contributed by atoms with Gasteiger partial charge in [-0.15, -0.1) is 0 Å². The van der Waals surface area contributed by atoms with Gasteiger partial charge in [0.25, 0.3) is 0 Å². The van der Waals surface area contributed by atoms with Gasteiger partial charge in [0.1, 0.15) is 5.82 Å². The van der Waals surface area contributed by atoms with Gasteiger partial charge in [-0.3, -0.25) is 4.90 Å². The van der Waals surface area contributed by atoms with Crippen molar-refractivity contribution < 1.29 is 9.53 Å². The molecule has 3 aromatic rings. The van der Waals surface area contributed by atoms with Gasteiger partial charge in [0.15, 0.2) is 0 Å². The third kappa shape index (κ3) is 8.40. The number of nitrogens with zero attached hydrogens (tertiary/aromatic N) is 4. The summed E-state index contributed by atoms with van der Waals surface area (Å²) in [5.74, 6) is 2.07. The number of carbonyl (C=O) groups is 1. The predicted octanol–water partition coefficient (Wildman–Crippen LogP) is 7.26. The smallest absolute Gasteiger partial charge is 0.337 e. The number of rotatable bonds is 14. The summed E-state index contributed by atoms with van der Waals surface area (Å²) >= 11 is 0. The molecule has 2 heterocycles. The number of hydrogen-bond donors (Lipinski definition) is 0. The zero-order valence-corrected chi connectivity index (χ0v) is 25.5. The zero-order valence-electron chi connectivity index (χ0n) is 25.5. The molecule has 0 amide bonds. The quantitative estimate of drug-likeness (QED) is 0.199. The molecule has 218 valence electrons. The van der Waals surface area contributed by atoms with Crippen LogP contribution in [-0.2, 0) is 17.8 Å². The van der Waals surface area contributed by atoms with E-state index in [-0.39, 0.29) is 5.97 Å². The number of aromatic nitrogens is 2. The first kappa shape index (κ1) is 30.3. The summed E-state index contributed by atoms with van der Waals surface area (Å²) in [6.45, 7) is 17.0. The molecule has 0 spiro atoms. The number of likely N-dealkylation sites (tertiary alicyclic amines) is 1. The highest BCUT2D eigenvalue weighted by Crippen LogP contribution is 2.27. The number of fused-ring (bicyclic) bond motifs is 1. The molecule has 1 saturated heterocycles. The number of imidazole rings is 1. The third-order valence-corrected chi connectivity index (χ3v) is 8.13. The standard InChI is InChI=1S/C34H50N4O2/c1-26(2)16-22-37(23-17-27(3)4)25-28-10-15-31-32(24-28)38(21-9-20-36-18-7-6-8-19-36)33(35-31)29-11-13-30(14-12-29)34(39)40-5/h10-15,24,26-27H,6-9,16-23,25H2,1-5H3. The monoisotopic (exact) mass is 546 g/mol. The fourth-order valence-electron chi connectivity index (χ4n) is 5.63. The molecule has 1 fully saturated rings. The van der Waals surface area contributed by atoms with Crippen LogP contribution in [0.4, 0.5) is 0 Å². The van der Waals surface area contributed by atoms with E-state index in [4.69, 9.17) is 9.72 Å². The Morgan fingerprint density at radius 3 is 2.23 bits per heavy atom. The molecular formula is C34H50N4O2. The van der Waals surface area contributed by atoms with E-state index in [2.05, 4.69) is 60.3 Å². The Morgan fingerprint density at radius 2 is 1.60 bits per heavy atom. The molecule has 40 heavy (non-hydrogen) atoms. The van der Waals surface area contributed by atoms with E-state index < -0.39 is 0 Å². The maximum atomic E-state index is 12.0. The highest BCUT2D eigenvalue weighted by Gasteiger charge is 2.17. The van der Waals surface area contributed by atoms with Crippen LogP contribution >= 0.6 is 0 Å². The van der Waals surface area contributed by atoms with Gasteiger partial charge in [0.05, 0.1) is 23.7 Å². The van der Waals surface area contributed by atoms with Crippen molar-refractivity contribution in [2.45, 2.75) is 79.3 Å². The van der Waals surface area contributed by atoms with Gasteiger partial charge in [-0.05, 0) is 106 Å². The second-order valence-corrected chi connectivity index (χ2v) is 12.4. The molecule has 1 aliphatic heterocycles. The molecule has 6 nitrogen and oxygen atoms in total. The van der Waals surface area contributed by atoms with E-state index in [9.17, 15) is 4.79 Å². The van der Waals surface area contributed by atoms with Gasteiger partial charge in [0, 0.05) is 18.7 Å². The molecule has 2 aromatic carbocycles. The van der Waals surface area contributed by atoms with Crippen molar-refractivity contribution in [3.05, 3.63) is 53.6 Å². The lowest BCUT2D eigenvalue weighted by Gasteiger charge is -2.26. The summed E-state index contributed by atoms with van der Waals surface area (Å²) < 4.78 is 7.31. The summed E-state index contributed by atoms with van der Waals surface area (Å²) in [5.41, 5.74) is 5.17.